The van der Waals surface area contributed by atoms with Gasteiger partial charge in [0.25, 0.3) is 5.69 Å². The molecule has 2 rings (SSSR count). The molecule has 1 aliphatic rings. The van der Waals surface area contributed by atoms with E-state index < -0.39 is 20.6 Å². The number of non-ortho nitro benzene ring substituents is 1. The lowest BCUT2D eigenvalue weighted by atomic mass is 10.0. The zero-order valence-electron chi connectivity index (χ0n) is 9.80. The minimum atomic E-state index is -3.85. The molecule has 0 atom stereocenters. The molecule has 0 aliphatic carbocycles. The number of rotatable bonds is 5. The van der Waals surface area contributed by atoms with Crippen molar-refractivity contribution in [3.8, 4) is 0 Å². The van der Waals surface area contributed by atoms with Crippen molar-refractivity contribution in [2.24, 2.45) is 0 Å². The molecule has 0 unspecified atom stereocenters. The fraction of sp³-hybridized carbons (Fsp3) is 0.400. The normalized spacial score (nSPS) is 17.7. The highest BCUT2D eigenvalue weighted by atomic mass is 32.2. The summed E-state index contributed by atoms with van der Waals surface area (Å²) in [7, 11) is -3.85. The molecule has 0 amide bonds. The van der Waals surface area contributed by atoms with Crippen molar-refractivity contribution in [2.75, 3.05) is 19.6 Å². The Hall–Kier alpha value is -1.58. The van der Waals surface area contributed by atoms with Crippen LogP contribution in [0.3, 0.4) is 0 Å². The third-order valence-corrected chi connectivity index (χ3v) is 4.24. The van der Waals surface area contributed by atoms with E-state index >= 15 is 0 Å². The number of alkyl halides is 1. The second-order valence-electron chi connectivity index (χ2n) is 4.33. The summed E-state index contributed by atoms with van der Waals surface area (Å²) in [5.41, 5.74) is -1.77. The van der Waals surface area contributed by atoms with Crippen molar-refractivity contribution < 1.29 is 17.7 Å². The van der Waals surface area contributed by atoms with E-state index in [2.05, 4.69) is 10.0 Å². The predicted molar refractivity (Wildman–Crippen MR) is 65.0 cm³/mol. The molecular formula is C10H12FN3O4S. The average Bonchev–Trinajstić information content (AvgIpc) is 2.34. The van der Waals surface area contributed by atoms with Crippen molar-refractivity contribution >= 4 is 15.7 Å². The zero-order chi connectivity index (χ0) is 14.1. The van der Waals surface area contributed by atoms with E-state index in [4.69, 9.17) is 0 Å². The van der Waals surface area contributed by atoms with Gasteiger partial charge >= 0.3 is 0 Å². The van der Waals surface area contributed by atoms with Crippen LogP contribution in [0.1, 0.15) is 0 Å². The summed E-state index contributed by atoms with van der Waals surface area (Å²) in [5.74, 6) is 0. The molecule has 7 nitrogen and oxygen atoms in total. The highest BCUT2D eigenvalue weighted by Crippen LogP contribution is 2.18. The Morgan fingerprint density at radius 1 is 1.37 bits per heavy atom. The standard InChI is InChI=1S/C10H12FN3O4S/c11-10(5-12-6-10)7-13-19(17,18)9-3-1-8(2-4-9)14(15)16/h1-4,12-13H,5-7H2. The molecular weight excluding hydrogens is 277 g/mol. The maximum absolute atomic E-state index is 13.6. The predicted octanol–water partition coefficient (Wildman–Crippen LogP) is 0.185. The zero-order valence-corrected chi connectivity index (χ0v) is 10.6. The van der Waals surface area contributed by atoms with E-state index in [9.17, 15) is 22.9 Å². The smallest absolute Gasteiger partial charge is 0.269 e. The van der Waals surface area contributed by atoms with E-state index in [0.717, 1.165) is 24.3 Å². The van der Waals surface area contributed by atoms with Crippen molar-refractivity contribution in [2.45, 2.75) is 10.6 Å². The molecule has 0 bridgehead atoms. The molecule has 9 heteroatoms. The molecule has 19 heavy (non-hydrogen) atoms. The molecule has 0 saturated carbocycles. The molecule has 1 saturated heterocycles. The van der Waals surface area contributed by atoms with Gasteiger partial charge in [0.2, 0.25) is 10.0 Å². The number of sulfonamides is 1. The fourth-order valence-corrected chi connectivity index (χ4v) is 2.69. The Bertz CT molecular complexity index is 583. The summed E-state index contributed by atoms with van der Waals surface area (Å²) in [4.78, 5) is 9.69. The first-order chi connectivity index (χ1) is 8.82. The lowest BCUT2D eigenvalue weighted by Crippen LogP contribution is -2.61. The Balaban J connectivity index is 2.08. The molecule has 1 fully saturated rings. The van der Waals surface area contributed by atoms with Gasteiger partial charge in [0, 0.05) is 31.8 Å². The van der Waals surface area contributed by atoms with Crippen LogP contribution in [-0.4, -0.2) is 38.6 Å². The highest BCUT2D eigenvalue weighted by Gasteiger charge is 2.37. The molecule has 1 heterocycles. The SMILES string of the molecule is O=[N+]([O-])c1ccc(S(=O)(=O)NCC2(F)CNC2)cc1. The fourth-order valence-electron chi connectivity index (χ4n) is 1.58. The second kappa shape index (κ2) is 4.83. The Morgan fingerprint density at radius 3 is 2.37 bits per heavy atom. The van der Waals surface area contributed by atoms with Crippen LogP contribution < -0.4 is 10.0 Å². The van der Waals surface area contributed by atoms with Gasteiger partial charge in [-0.15, -0.1) is 0 Å². The van der Waals surface area contributed by atoms with Crippen LogP contribution in [0.2, 0.25) is 0 Å². The Labute approximate surface area is 109 Å². The van der Waals surface area contributed by atoms with Crippen LogP contribution in [0.4, 0.5) is 10.1 Å². The number of benzene rings is 1. The van der Waals surface area contributed by atoms with Gasteiger partial charge in [-0.3, -0.25) is 10.1 Å². The molecule has 0 spiro atoms. The minimum absolute atomic E-state index is 0.107. The molecule has 1 aliphatic heterocycles. The number of nitrogens with zero attached hydrogens (tertiary/aromatic N) is 1. The number of halogens is 1. The van der Waals surface area contributed by atoms with Gasteiger partial charge in [0.15, 0.2) is 0 Å². The van der Waals surface area contributed by atoms with Crippen molar-refractivity contribution in [3.05, 3.63) is 34.4 Å². The first kappa shape index (κ1) is 13.8. The van der Waals surface area contributed by atoms with Crippen LogP contribution >= 0.6 is 0 Å². The number of nitro groups is 1. The number of nitro benzene ring substituents is 1. The molecule has 0 radical (unpaired) electrons. The Kier molecular flexibility index (Phi) is 3.52. The maximum atomic E-state index is 13.6. The van der Waals surface area contributed by atoms with E-state index in [1.165, 1.54) is 0 Å². The van der Waals surface area contributed by atoms with Gasteiger partial charge < -0.3 is 5.32 Å². The molecule has 1 aromatic carbocycles. The van der Waals surface area contributed by atoms with Crippen molar-refractivity contribution in [1.82, 2.24) is 10.0 Å². The second-order valence-corrected chi connectivity index (χ2v) is 6.10. The van der Waals surface area contributed by atoms with Gasteiger partial charge in [-0.2, -0.15) is 0 Å². The first-order valence-electron chi connectivity index (χ1n) is 5.46. The summed E-state index contributed by atoms with van der Waals surface area (Å²) in [6, 6.07) is 4.41. The van der Waals surface area contributed by atoms with Crippen LogP contribution in [0.15, 0.2) is 29.2 Å². The highest BCUT2D eigenvalue weighted by molar-refractivity contribution is 7.89. The topological polar surface area (TPSA) is 101 Å². The third-order valence-electron chi connectivity index (χ3n) is 2.82. The quantitative estimate of drug-likeness (QED) is 0.595. The lowest BCUT2D eigenvalue weighted by molar-refractivity contribution is -0.384. The van der Waals surface area contributed by atoms with Crippen LogP contribution in [0, 0.1) is 10.1 Å². The van der Waals surface area contributed by atoms with Crippen LogP contribution in [0.25, 0.3) is 0 Å². The summed E-state index contributed by atoms with van der Waals surface area (Å²) < 4.78 is 39.5. The van der Waals surface area contributed by atoms with Gasteiger partial charge in [0.05, 0.1) is 9.82 Å². The van der Waals surface area contributed by atoms with E-state index in [-0.39, 0.29) is 30.2 Å². The average molecular weight is 289 g/mol. The summed E-state index contributed by atoms with van der Waals surface area (Å²) >= 11 is 0. The summed E-state index contributed by atoms with van der Waals surface area (Å²) in [6.07, 6.45) is 0. The van der Waals surface area contributed by atoms with Gasteiger partial charge in [-0.1, -0.05) is 0 Å². The summed E-state index contributed by atoms with van der Waals surface area (Å²) in [5, 5.41) is 13.2. The minimum Gasteiger partial charge on any atom is -0.310 e. The van der Waals surface area contributed by atoms with E-state index in [0.29, 0.717) is 0 Å². The monoisotopic (exact) mass is 289 g/mol. The maximum Gasteiger partial charge on any atom is 0.269 e. The summed E-state index contributed by atoms with van der Waals surface area (Å²) in [6.45, 7) is -0.106. The molecule has 104 valence electrons. The lowest BCUT2D eigenvalue weighted by Gasteiger charge is -2.34. The largest absolute Gasteiger partial charge is 0.310 e. The molecule has 2 N–H and O–H groups in total. The van der Waals surface area contributed by atoms with Gasteiger partial charge in [0.1, 0.15) is 5.67 Å². The van der Waals surface area contributed by atoms with Gasteiger partial charge in [-0.05, 0) is 12.1 Å². The molecule has 0 aromatic heterocycles. The number of hydrogen-bond donors (Lipinski definition) is 2. The Morgan fingerprint density at radius 2 is 1.95 bits per heavy atom. The number of hydrogen-bond acceptors (Lipinski definition) is 5. The van der Waals surface area contributed by atoms with Crippen molar-refractivity contribution in [3.63, 3.8) is 0 Å². The first-order valence-corrected chi connectivity index (χ1v) is 6.95. The van der Waals surface area contributed by atoms with Gasteiger partial charge in [-0.25, -0.2) is 17.5 Å². The van der Waals surface area contributed by atoms with E-state index in [1.807, 2.05) is 0 Å². The number of nitrogens with one attached hydrogen (secondary N) is 2. The van der Waals surface area contributed by atoms with Crippen LogP contribution in [-0.2, 0) is 10.0 Å². The molecule has 1 aromatic rings. The van der Waals surface area contributed by atoms with Crippen molar-refractivity contribution in [1.29, 1.82) is 0 Å². The van der Waals surface area contributed by atoms with Crippen LogP contribution in [0.5, 0.6) is 0 Å². The third kappa shape index (κ3) is 3.06. The van der Waals surface area contributed by atoms with E-state index in [1.54, 1.807) is 0 Å².